The zero-order valence-electron chi connectivity index (χ0n) is 10.9. The van der Waals surface area contributed by atoms with Gasteiger partial charge in [-0.3, -0.25) is 0 Å². The summed E-state index contributed by atoms with van der Waals surface area (Å²) in [4.78, 5) is 0. The Morgan fingerprint density at radius 2 is 1.95 bits per heavy atom. The Bertz CT molecular complexity index is 439. The van der Waals surface area contributed by atoms with Crippen LogP contribution in [0.4, 0.5) is 13.2 Å². The third-order valence-corrected chi connectivity index (χ3v) is 3.56. The van der Waals surface area contributed by atoms with E-state index in [1.165, 1.54) is 0 Å². The van der Waals surface area contributed by atoms with Gasteiger partial charge in [-0.25, -0.2) is 13.2 Å². The first-order valence-electron chi connectivity index (χ1n) is 6.57. The highest BCUT2D eigenvalue weighted by molar-refractivity contribution is 5.19. The second-order valence-corrected chi connectivity index (χ2v) is 4.85. The van der Waals surface area contributed by atoms with Crippen LogP contribution >= 0.6 is 0 Å². The smallest absolute Gasteiger partial charge is 0.161 e. The topological polar surface area (TPSA) is 21.3 Å². The van der Waals surface area contributed by atoms with Gasteiger partial charge in [0.1, 0.15) is 5.82 Å². The normalized spacial score (nSPS) is 22.9. The number of hydrogen-bond donors (Lipinski definition) is 1. The van der Waals surface area contributed by atoms with Crippen LogP contribution in [0.2, 0.25) is 0 Å². The zero-order chi connectivity index (χ0) is 13.8. The molecule has 0 bridgehead atoms. The number of halogens is 3. The van der Waals surface area contributed by atoms with Crippen molar-refractivity contribution in [2.75, 3.05) is 13.2 Å². The molecule has 1 aliphatic heterocycles. The summed E-state index contributed by atoms with van der Waals surface area (Å²) in [6.45, 7) is 3.70. The molecular weight excluding hydrogens is 255 g/mol. The van der Waals surface area contributed by atoms with Crippen LogP contribution in [0.3, 0.4) is 0 Å². The van der Waals surface area contributed by atoms with Crippen molar-refractivity contribution in [3.63, 3.8) is 0 Å². The first-order valence-corrected chi connectivity index (χ1v) is 6.57. The molecule has 0 radical (unpaired) electrons. The molecule has 1 N–H and O–H groups in total. The Balaban J connectivity index is 1.87. The molecule has 2 atom stereocenters. The van der Waals surface area contributed by atoms with Crippen LogP contribution in [0.5, 0.6) is 0 Å². The van der Waals surface area contributed by atoms with Gasteiger partial charge in [0, 0.05) is 31.3 Å². The van der Waals surface area contributed by atoms with Crippen LogP contribution < -0.4 is 5.32 Å². The molecule has 1 heterocycles. The van der Waals surface area contributed by atoms with Crippen molar-refractivity contribution in [1.82, 2.24) is 5.32 Å². The van der Waals surface area contributed by atoms with E-state index < -0.39 is 17.5 Å². The highest BCUT2D eigenvalue weighted by Gasteiger charge is 2.26. The molecule has 0 aromatic heterocycles. The second kappa shape index (κ2) is 6.39. The SMILES string of the molecule is CCC1OCCC1CNCc1cc(F)c(F)cc1F. The Morgan fingerprint density at radius 3 is 2.68 bits per heavy atom. The van der Waals surface area contributed by atoms with E-state index in [2.05, 4.69) is 12.2 Å². The summed E-state index contributed by atoms with van der Waals surface area (Å²) in [5.74, 6) is -2.50. The Morgan fingerprint density at radius 1 is 1.21 bits per heavy atom. The molecule has 19 heavy (non-hydrogen) atoms. The minimum atomic E-state index is -1.16. The van der Waals surface area contributed by atoms with Gasteiger partial charge in [-0.05, 0) is 24.8 Å². The monoisotopic (exact) mass is 273 g/mol. The van der Waals surface area contributed by atoms with E-state index >= 15 is 0 Å². The number of ether oxygens (including phenoxy) is 1. The van der Waals surface area contributed by atoms with Crippen LogP contribution in [0, 0.1) is 23.4 Å². The van der Waals surface area contributed by atoms with Crippen LogP contribution in [0.15, 0.2) is 12.1 Å². The molecule has 1 aromatic carbocycles. The first kappa shape index (κ1) is 14.3. The van der Waals surface area contributed by atoms with Crippen molar-refractivity contribution in [1.29, 1.82) is 0 Å². The summed E-state index contributed by atoms with van der Waals surface area (Å²) < 4.78 is 44.7. The van der Waals surface area contributed by atoms with Crippen LogP contribution in [0.25, 0.3) is 0 Å². The standard InChI is InChI=1S/C14H18F3NO/c1-2-14-9(3-4-19-14)7-18-8-10-5-12(16)13(17)6-11(10)15/h5-6,9,14,18H,2-4,7-8H2,1H3. The summed E-state index contributed by atoms with van der Waals surface area (Å²) in [5, 5.41) is 3.09. The van der Waals surface area contributed by atoms with Crippen LogP contribution in [0.1, 0.15) is 25.3 Å². The van der Waals surface area contributed by atoms with Crippen LogP contribution in [-0.4, -0.2) is 19.3 Å². The van der Waals surface area contributed by atoms with Gasteiger partial charge < -0.3 is 10.1 Å². The van der Waals surface area contributed by atoms with E-state index in [0.29, 0.717) is 18.5 Å². The van der Waals surface area contributed by atoms with E-state index in [4.69, 9.17) is 4.74 Å². The summed E-state index contributed by atoms with van der Waals surface area (Å²) in [7, 11) is 0. The fourth-order valence-corrected chi connectivity index (χ4v) is 2.47. The van der Waals surface area contributed by atoms with Gasteiger partial charge in [0.25, 0.3) is 0 Å². The molecule has 106 valence electrons. The maximum absolute atomic E-state index is 13.4. The molecule has 1 aliphatic rings. The molecule has 0 aliphatic carbocycles. The van der Waals surface area contributed by atoms with Crippen molar-refractivity contribution in [2.24, 2.45) is 5.92 Å². The van der Waals surface area contributed by atoms with E-state index in [0.717, 1.165) is 25.5 Å². The average Bonchev–Trinajstić information content (AvgIpc) is 2.83. The molecule has 1 aromatic rings. The first-order chi connectivity index (χ1) is 9.11. The molecule has 5 heteroatoms. The third-order valence-electron chi connectivity index (χ3n) is 3.56. The predicted octanol–water partition coefficient (Wildman–Crippen LogP) is 3.01. The summed E-state index contributed by atoms with van der Waals surface area (Å²) in [6.07, 6.45) is 2.17. The van der Waals surface area contributed by atoms with Crippen molar-refractivity contribution >= 4 is 0 Å². The molecule has 1 saturated heterocycles. The highest BCUT2D eigenvalue weighted by atomic mass is 19.2. The molecule has 2 rings (SSSR count). The second-order valence-electron chi connectivity index (χ2n) is 4.85. The van der Waals surface area contributed by atoms with Crippen LogP contribution in [-0.2, 0) is 11.3 Å². The molecular formula is C14H18F3NO. The highest BCUT2D eigenvalue weighted by Crippen LogP contribution is 2.22. The zero-order valence-corrected chi connectivity index (χ0v) is 10.9. The molecule has 1 fully saturated rings. The van der Waals surface area contributed by atoms with E-state index in [1.807, 2.05) is 0 Å². The molecule has 0 saturated carbocycles. The van der Waals surface area contributed by atoms with E-state index in [-0.39, 0.29) is 18.2 Å². The fourth-order valence-electron chi connectivity index (χ4n) is 2.47. The van der Waals surface area contributed by atoms with Crippen molar-refractivity contribution < 1.29 is 17.9 Å². The Hall–Kier alpha value is -1.07. The third kappa shape index (κ3) is 3.48. The summed E-state index contributed by atoms with van der Waals surface area (Å²) >= 11 is 0. The minimum Gasteiger partial charge on any atom is -0.378 e. The largest absolute Gasteiger partial charge is 0.378 e. The number of hydrogen-bond acceptors (Lipinski definition) is 2. The maximum atomic E-state index is 13.4. The van der Waals surface area contributed by atoms with Gasteiger partial charge in [0.05, 0.1) is 6.10 Å². The quantitative estimate of drug-likeness (QED) is 0.833. The summed E-state index contributed by atoms with van der Waals surface area (Å²) in [6, 6.07) is 1.49. The average molecular weight is 273 g/mol. The van der Waals surface area contributed by atoms with E-state index in [1.54, 1.807) is 0 Å². The Labute approximate surface area is 111 Å². The molecule has 2 unspecified atom stereocenters. The van der Waals surface area contributed by atoms with E-state index in [9.17, 15) is 13.2 Å². The van der Waals surface area contributed by atoms with Gasteiger partial charge in [0.15, 0.2) is 11.6 Å². The van der Waals surface area contributed by atoms with Gasteiger partial charge >= 0.3 is 0 Å². The van der Waals surface area contributed by atoms with Crippen molar-refractivity contribution in [3.05, 3.63) is 35.1 Å². The lowest BCUT2D eigenvalue weighted by Gasteiger charge is -2.17. The molecule has 0 spiro atoms. The molecule has 2 nitrogen and oxygen atoms in total. The maximum Gasteiger partial charge on any atom is 0.161 e. The van der Waals surface area contributed by atoms with Gasteiger partial charge in [-0.1, -0.05) is 6.92 Å². The number of rotatable bonds is 5. The fraction of sp³-hybridized carbons (Fsp3) is 0.571. The lowest BCUT2D eigenvalue weighted by Crippen LogP contribution is -2.28. The molecule has 0 amide bonds. The van der Waals surface area contributed by atoms with Gasteiger partial charge in [-0.2, -0.15) is 0 Å². The Kier molecular flexibility index (Phi) is 4.82. The van der Waals surface area contributed by atoms with Crippen molar-refractivity contribution in [2.45, 2.75) is 32.4 Å². The minimum absolute atomic E-state index is 0.144. The summed E-state index contributed by atoms with van der Waals surface area (Å²) in [5.41, 5.74) is 0.144. The van der Waals surface area contributed by atoms with Gasteiger partial charge in [0.2, 0.25) is 0 Å². The number of nitrogens with one attached hydrogen (secondary N) is 1. The lowest BCUT2D eigenvalue weighted by molar-refractivity contribution is 0.0872. The van der Waals surface area contributed by atoms with Gasteiger partial charge in [-0.15, -0.1) is 0 Å². The van der Waals surface area contributed by atoms with Crippen molar-refractivity contribution in [3.8, 4) is 0 Å². The predicted molar refractivity (Wildman–Crippen MR) is 66.2 cm³/mol. The number of benzene rings is 1. The lowest BCUT2D eigenvalue weighted by atomic mass is 9.99.